The third-order valence-corrected chi connectivity index (χ3v) is 2.86. The molecule has 1 N–H and O–H groups in total. The van der Waals surface area contributed by atoms with Gasteiger partial charge in [-0.1, -0.05) is 0 Å². The maximum atomic E-state index is 11.0. The molecule has 0 saturated carbocycles. The molecular weight excluding hydrogens is 290 g/mol. The van der Waals surface area contributed by atoms with Gasteiger partial charge in [-0.05, 0) is 24.6 Å². The molecule has 1 aromatic carbocycles. The molecule has 0 bridgehead atoms. The van der Waals surface area contributed by atoms with E-state index in [4.69, 9.17) is 0 Å². The van der Waals surface area contributed by atoms with Gasteiger partial charge in [0.05, 0.1) is 22.1 Å². The number of aromatic nitrogens is 1. The first-order valence-corrected chi connectivity index (χ1v) is 6.11. The molecule has 0 spiro atoms. The highest BCUT2D eigenvalue weighted by molar-refractivity contribution is 5.82. The highest BCUT2D eigenvalue weighted by Gasteiger charge is 2.18. The van der Waals surface area contributed by atoms with E-state index in [0.717, 1.165) is 17.2 Å². The fourth-order valence-electron chi connectivity index (χ4n) is 1.66. The van der Waals surface area contributed by atoms with Gasteiger partial charge in [0.15, 0.2) is 0 Å². The van der Waals surface area contributed by atoms with Crippen LogP contribution in [0, 0.1) is 27.2 Å². The molecule has 0 fully saturated rings. The van der Waals surface area contributed by atoms with Gasteiger partial charge in [-0.15, -0.1) is 0 Å². The molecule has 0 aliphatic rings. The first-order chi connectivity index (χ1) is 10.5. The second-order valence-corrected chi connectivity index (χ2v) is 4.32. The van der Waals surface area contributed by atoms with Crippen molar-refractivity contribution in [2.75, 3.05) is 5.43 Å². The van der Waals surface area contributed by atoms with E-state index in [1.54, 1.807) is 18.5 Å². The number of nitro groups is 2. The van der Waals surface area contributed by atoms with Crippen LogP contribution < -0.4 is 5.43 Å². The number of non-ortho nitro benzene ring substituents is 1. The van der Waals surface area contributed by atoms with Crippen LogP contribution in [0.4, 0.5) is 17.1 Å². The smallest absolute Gasteiger partial charge is 0.272 e. The number of hydrogen-bond acceptors (Lipinski definition) is 7. The lowest BCUT2D eigenvalue weighted by molar-refractivity contribution is -0.393. The Morgan fingerprint density at radius 1 is 1.23 bits per heavy atom. The van der Waals surface area contributed by atoms with Gasteiger partial charge in [-0.25, -0.2) is 0 Å². The Balaban J connectivity index is 2.24. The van der Waals surface area contributed by atoms with Crippen LogP contribution in [-0.4, -0.2) is 21.0 Å². The van der Waals surface area contributed by atoms with E-state index in [0.29, 0.717) is 0 Å². The number of anilines is 1. The van der Waals surface area contributed by atoms with E-state index >= 15 is 0 Å². The van der Waals surface area contributed by atoms with Crippen LogP contribution >= 0.6 is 0 Å². The molecule has 22 heavy (non-hydrogen) atoms. The van der Waals surface area contributed by atoms with E-state index in [2.05, 4.69) is 15.5 Å². The summed E-state index contributed by atoms with van der Waals surface area (Å²) in [5.41, 5.74) is 3.49. The molecule has 2 rings (SSSR count). The molecule has 0 unspecified atom stereocenters. The first kappa shape index (κ1) is 15.0. The second kappa shape index (κ2) is 6.39. The number of rotatable bonds is 5. The lowest BCUT2D eigenvalue weighted by Gasteiger charge is -2.02. The maximum absolute atomic E-state index is 11.0. The number of hydrogen-bond donors (Lipinski definition) is 1. The highest BCUT2D eigenvalue weighted by Crippen LogP contribution is 2.28. The van der Waals surface area contributed by atoms with Crippen molar-refractivity contribution in [3.8, 4) is 0 Å². The number of pyridine rings is 1. The van der Waals surface area contributed by atoms with Crippen molar-refractivity contribution in [2.45, 2.75) is 6.92 Å². The Morgan fingerprint density at radius 3 is 2.64 bits per heavy atom. The SMILES string of the molecule is Cc1ccncc1C=NNc1ccc([N+](=O)[O-])cc1[N+](=O)[O-]. The van der Waals surface area contributed by atoms with Crippen molar-refractivity contribution < 1.29 is 9.85 Å². The predicted octanol–water partition coefficient (Wildman–Crippen LogP) is 2.65. The molecule has 0 radical (unpaired) electrons. The zero-order valence-corrected chi connectivity index (χ0v) is 11.5. The van der Waals surface area contributed by atoms with E-state index in [1.165, 1.54) is 18.3 Å². The number of aryl methyl sites for hydroxylation is 1. The standard InChI is InChI=1S/C13H11N5O4/c1-9-4-5-14-7-10(9)8-15-16-12-3-2-11(17(19)20)6-13(12)18(21)22/h2-8,16H,1H3. The summed E-state index contributed by atoms with van der Waals surface area (Å²) < 4.78 is 0. The number of benzene rings is 1. The monoisotopic (exact) mass is 301 g/mol. The molecule has 1 heterocycles. The average molecular weight is 301 g/mol. The second-order valence-electron chi connectivity index (χ2n) is 4.32. The Bertz CT molecular complexity index is 760. The van der Waals surface area contributed by atoms with Gasteiger partial charge < -0.3 is 0 Å². The minimum atomic E-state index is -0.708. The van der Waals surface area contributed by atoms with Gasteiger partial charge >= 0.3 is 5.69 Å². The number of hydrazone groups is 1. The molecule has 1 aromatic heterocycles. The summed E-state index contributed by atoms with van der Waals surface area (Å²) in [5, 5.41) is 25.5. The predicted molar refractivity (Wildman–Crippen MR) is 79.9 cm³/mol. The van der Waals surface area contributed by atoms with Crippen LogP contribution in [0.5, 0.6) is 0 Å². The normalized spacial score (nSPS) is 10.6. The summed E-state index contributed by atoms with van der Waals surface area (Å²) in [6.45, 7) is 1.87. The molecule has 0 saturated heterocycles. The van der Waals surface area contributed by atoms with Gasteiger partial charge in [0.2, 0.25) is 0 Å². The molecule has 2 aromatic rings. The number of nitrogens with zero attached hydrogens (tertiary/aromatic N) is 4. The van der Waals surface area contributed by atoms with E-state index in [-0.39, 0.29) is 11.4 Å². The molecule has 0 aliphatic carbocycles. The van der Waals surface area contributed by atoms with Crippen LogP contribution in [0.25, 0.3) is 0 Å². The minimum Gasteiger partial charge on any atom is -0.272 e. The Kier molecular flexibility index (Phi) is 4.37. The first-order valence-electron chi connectivity index (χ1n) is 6.11. The topological polar surface area (TPSA) is 124 Å². The van der Waals surface area contributed by atoms with Crippen molar-refractivity contribution >= 4 is 23.3 Å². The summed E-state index contributed by atoms with van der Waals surface area (Å²) in [5.74, 6) is 0. The largest absolute Gasteiger partial charge is 0.301 e. The average Bonchev–Trinajstić information content (AvgIpc) is 2.49. The van der Waals surface area contributed by atoms with Gasteiger partial charge in [0.1, 0.15) is 5.69 Å². The molecular formula is C13H11N5O4. The Hall–Kier alpha value is -3.36. The van der Waals surface area contributed by atoms with Gasteiger partial charge in [0, 0.05) is 24.0 Å². The Morgan fingerprint density at radius 2 is 2.00 bits per heavy atom. The van der Waals surface area contributed by atoms with E-state index < -0.39 is 15.5 Å². The lowest BCUT2D eigenvalue weighted by Crippen LogP contribution is -1.99. The summed E-state index contributed by atoms with van der Waals surface area (Å²) in [4.78, 5) is 24.2. The molecule has 0 atom stereocenters. The molecule has 0 amide bonds. The summed E-state index contributed by atoms with van der Waals surface area (Å²) in [6, 6.07) is 5.09. The summed E-state index contributed by atoms with van der Waals surface area (Å²) in [6.07, 6.45) is 4.71. The van der Waals surface area contributed by atoms with Crippen molar-refractivity contribution in [3.05, 3.63) is 68.0 Å². The lowest BCUT2D eigenvalue weighted by atomic mass is 10.2. The van der Waals surface area contributed by atoms with Crippen LogP contribution in [-0.2, 0) is 0 Å². The van der Waals surface area contributed by atoms with Crippen LogP contribution in [0.1, 0.15) is 11.1 Å². The van der Waals surface area contributed by atoms with Crippen LogP contribution in [0.3, 0.4) is 0 Å². The molecule has 9 heteroatoms. The van der Waals surface area contributed by atoms with Gasteiger partial charge in [-0.3, -0.25) is 30.6 Å². The van der Waals surface area contributed by atoms with Crippen LogP contribution in [0.2, 0.25) is 0 Å². The maximum Gasteiger partial charge on any atom is 0.301 e. The van der Waals surface area contributed by atoms with Crippen molar-refractivity contribution in [3.63, 3.8) is 0 Å². The fourth-order valence-corrected chi connectivity index (χ4v) is 1.66. The van der Waals surface area contributed by atoms with Crippen molar-refractivity contribution in [2.24, 2.45) is 5.10 Å². The Labute approximate surface area is 124 Å². The van der Waals surface area contributed by atoms with Gasteiger partial charge in [-0.2, -0.15) is 5.10 Å². The zero-order chi connectivity index (χ0) is 16.1. The quantitative estimate of drug-likeness (QED) is 0.514. The third kappa shape index (κ3) is 3.39. The molecule has 112 valence electrons. The van der Waals surface area contributed by atoms with Gasteiger partial charge in [0.25, 0.3) is 5.69 Å². The summed E-state index contributed by atoms with van der Waals surface area (Å²) in [7, 11) is 0. The molecule has 0 aliphatic heterocycles. The zero-order valence-electron chi connectivity index (χ0n) is 11.5. The number of nitrogens with one attached hydrogen (secondary N) is 1. The fraction of sp³-hybridized carbons (Fsp3) is 0.0769. The van der Waals surface area contributed by atoms with Crippen LogP contribution in [0.15, 0.2) is 41.8 Å². The number of nitro benzene ring substituents is 2. The van der Waals surface area contributed by atoms with Crippen molar-refractivity contribution in [1.29, 1.82) is 0 Å². The third-order valence-electron chi connectivity index (χ3n) is 2.86. The highest BCUT2D eigenvalue weighted by atomic mass is 16.6. The van der Waals surface area contributed by atoms with E-state index in [1.807, 2.05) is 6.92 Å². The summed E-state index contributed by atoms with van der Waals surface area (Å²) >= 11 is 0. The van der Waals surface area contributed by atoms with E-state index in [9.17, 15) is 20.2 Å². The minimum absolute atomic E-state index is 0.0633. The van der Waals surface area contributed by atoms with Crippen molar-refractivity contribution in [1.82, 2.24) is 4.98 Å². The molecule has 9 nitrogen and oxygen atoms in total.